The van der Waals surface area contributed by atoms with Crippen molar-refractivity contribution in [3.8, 4) is 0 Å². The number of amides is 1. The number of hydrogen-bond acceptors (Lipinski definition) is 3. The predicted molar refractivity (Wildman–Crippen MR) is 117 cm³/mol. The number of carbonyl (C=O) groups is 1. The second kappa shape index (κ2) is 8.72. The first-order chi connectivity index (χ1) is 14.8. The molecule has 0 saturated carbocycles. The van der Waals surface area contributed by atoms with Crippen LogP contribution in [0.4, 0.5) is 10.1 Å². The Morgan fingerprint density at radius 3 is 2.29 bits per heavy atom. The molecule has 0 atom stereocenters. The summed E-state index contributed by atoms with van der Waals surface area (Å²) >= 11 is 5.68. The Labute approximate surface area is 185 Å². The third kappa shape index (κ3) is 4.75. The smallest absolute Gasteiger partial charge is 0.261 e. The molecule has 1 N–H and O–H groups in total. The number of nitrogens with one attached hydrogen (secondary N) is 1. The number of hydrogen-bond donors (Lipinski definition) is 1. The molecule has 1 saturated heterocycles. The number of aromatic nitrogens is 1. The number of piperidine rings is 1. The van der Waals surface area contributed by atoms with Crippen molar-refractivity contribution in [3.63, 3.8) is 0 Å². The first-order valence-electron chi connectivity index (χ1n) is 9.83. The van der Waals surface area contributed by atoms with Gasteiger partial charge in [-0.15, -0.1) is 0 Å². The van der Waals surface area contributed by atoms with Crippen LogP contribution in [-0.2, 0) is 10.0 Å². The molecule has 1 aliphatic heterocycles. The Morgan fingerprint density at radius 2 is 1.68 bits per heavy atom. The van der Waals surface area contributed by atoms with Gasteiger partial charge in [-0.3, -0.25) is 9.52 Å². The number of sulfonamides is 1. The molecule has 2 heterocycles. The molecular formula is C22H21ClFN3O3S. The van der Waals surface area contributed by atoms with Gasteiger partial charge in [-0.2, -0.15) is 0 Å². The minimum atomic E-state index is -3.93. The minimum absolute atomic E-state index is 0.0781. The molecule has 1 fully saturated rings. The average Bonchev–Trinajstić information content (AvgIpc) is 3.30. The second-order valence-electron chi connectivity index (χ2n) is 7.41. The normalized spacial score (nSPS) is 15.1. The second-order valence-corrected chi connectivity index (χ2v) is 9.50. The van der Waals surface area contributed by atoms with Crippen molar-refractivity contribution in [3.05, 3.63) is 83.4 Å². The zero-order valence-electron chi connectivity index (χ0n) is 16.5. The van der Waals surface area contributed by atoms with Crippen LogP contribution in [0.25, 0.3) is 0 Å². The van der Waals surface area contributed by atoms with Crippen molar-refractivity contribution in [2.75, 3.05) is 17.8 Å². The highest BCUT2D eigenvalue weighted by Crippen LogP contribution is 2.25. The van der Waals surface area contributed by atoms with Gasteiger partial charge in [-0.05, 0) is 67.4 Å². The molecular weight excluding hydrogens is 441 g/mol. The van der Waals surface area contributed by atoms with Crippen molar-refractivity contribution >= 4 is 33.2 Å². The summed E-state index contributed by atoms with van der Waals surface area (Å²) in [5.41, 5.74) is 0.788. The predicted octanol–water partition coefficient (Wildman–Crippen LogP) is 4.56. The number of halogens is 2. The molecule has 1 aromatic heterocycles. The first kappa shape index (κ1) is 21.4. The van der Waals surface area contributed by atoms with Crippen LogP contribution in [0.2, 0.25) is 5.02 Å². The van der Waals surface area contributed by atoms with Crippen molar-refractivity contribution in [1.82, 2.24) is 9.47 Å². The summed E-state index contributed by atoms with van der Waals surface area (Å²) in [6, 6.07) is 13.8. The van der Waals surface area contributed by atoms with Crippen LogP contribution in [-0.4, -0.2) is 36.9 Å². The van der Waals surface area contributed by atoms with Gasteiger partial charge in [0.15, 0.2) is 0 Å². The van der Waals surface area contributed by atoms with Crippen LogP contribution in [0.3, 0.4) is 0 Å². The molecule has 3 aromatic rings. The molecule has 1 amide bonds. The Kier molecular flexibility index (Phi) is 6.02. The summed E-state index contributed by atoms with van der Waals surface area (Å²) in [6.07, 6.45) is 5.86. The van der Waals surface area contributed by atoms with Gasteiger partial charge in [0.05, 0.1) is 9.92 Å². The standard InChI is InChI=1S/C22H21ClFN3O3S/c23-20-15-19(7-8-21(20)24)31(29,30)25-17-5-3-16(4-6-17)22(28)27-13-9-18(10-14-27)26-11-1-2-12-26/h1-8,11-12,15,18,25H,9-10,13-14H2. The summed E-state index contributed by atoms with van der Waals surface area (Å²) in [6.45, 7) is 1.34. The topological polar surface area (TPSA) is 71.4 Å². The number of likely N-dealkylation sites (tertiary alicyclic amines) is 1. The van der Waals surface area contributed by atoms with E-state index in [1.807, 2.05) is 29.4 Å². The van der Waals surface area contributed by atoms with Crippen LogP contribution in [0.1, 0.15) is 29.2 Å². The molecule has 1 aliphatic rings. The van der Waals surface area contributed by atoms with E-state index < -0.39 is 15.8 Å². The SMILES string of the molecule is O=C(c1ccc(NS(=O)(=O)c2ccc(F)c(Cl)c2)cc1)N1CCC(n2cccc2)CC1. The van der Waals surface area contributed by atoms with Crippen LogP contribution in [0.5, 0.6) is 0 Å². The molecule has 9 heteroatoms. The Balaban J connectivity index is 1.40. The summed E-state index contributed by atoms with van der Waals surface area (Å²) in [7, 11) is -3.93. The van der Waals surface area contributed by atoms with Gasteiger partial charge in [-0.25, -0.2) is 12.8 Å². The largest absolute Gasteiger partial charge is 0.351 e. The highest BCUT2D eigenvalue weighted by Gasteiger charge is 2.24. The molecule has 0 spiro atoms. The lowest BCUT2D eigenvalue weighted by molar-refractivity contribution is 0.0694. The first-order valence-corrected chi connectivity index (χ1v) is 11.7. The van der Waals surface area contributed by atoms with Gasteiger partial charge >= 0.3 is 0 Å². The Hall–Kier alpha value is -2.84. The Bertz CT molecular complexity index is 1170. The lowest BCUT2D eigenvalue weighted by atomic mass is 10.0. The van der Waals surface area contributed by atoms with Crippen molar-refractivity contribution in [2.24, 2.45) is 0 Å². The number of benzene rings is 2. The Morgan fingerprint density at radius 1 is 1.03 bits per heavy atom. The molecule has 0 bridgehead atoms. The van der Waals surface area contributed by atoms with Gasteiger partial charge < -0.3 is 9.47 Å². The maximum Gasteiger partial charge on any atom is 0.261 e. The minimum Gasteiger partial charge on any atom is -0.351 e. The van der Waals surface area contributed by atoms with E-state index in [2.05, 4.69) is 9.29 Å². The summed E-state index contributed by atoms with van der Waals surface area (Å²) < 4.78 is 42.9. The summed E-state index contributed by atoms with van der Waals surface area (Å²) in [4.78, 5) is 14.5. The van der Waals surface area contributed by atoms with Gasteiger partial charge in [0.2, 0.25) is 0 Å². The van der Waals surface area contributed by atoms with Crippen LogP contribution < -0.4 is 4.72 Å². The lowest BCUT2D eigenvalue weighted by Gasteiger charge is -2.32. The average molecular weight is 462 g/mol. The molecule has 0 radical (unpaired) electrons. The molecule has 0 aliphatic carbocycles. The molecule has 6 nitrogen and oxygen atoms in total. The zero-order valence-corrected chi connectivity index (χ0v) is 18.1. The molecule has 162 valence electrons. The van der Waals surface area contributed by atoms with Crippen molar-refractivity contribution in [2.45, 2.75) is 23.8 Å². The third-order valence-electron chi connectivity index (χ3n) is 5.39. The molecule has 2 aromatic carbocycles. The quantitative estimate of drug-likeness (QED) is 0.605. The maximum atomic E-state index is 13.3. The maximum absolute atomic E-state index is 13.3. The van der Waals surface area contributed by atoms with E-state index in [4.69, 9.17) is 11.6 Å². The van der Waals surface area contributed by atoms with Gasteiger partial charge in [0.1, 0.15) is 5.82 Å². The van der Waals surface area contributed by atoms with E-state index in [1.165, 1.54) is 12.1 Å². The van der Waals surface area contributed by atoms with Gasteiger partial charge in [0.25, 0.3) is 15.9 Å². The van der Waals surface area contributed by atoms with E-state index in [0.717, 1.165) is 31.0 Å². The summed E-state index contributed by atoms with van der Waals surface area (Å²) in [5, 5.41) is -0.274. The fraction of sp³-hybridized carbons (Fsp3) is 0.227. The van der Waals surface area contributed by atoms with Crippen LogP contribution in [0, 0.1) is 5.82 Å². The number of carbonyl (C=O) groups excluding carboxylic acids is 1. The highest BCUT2D eigenvalue weighted by molar-refractivity contribution is 7.92. The fourth-order valence-electron chi connectivity index (χ4n) is 3.68. The van der Waals surface area contributed by atoms with Crippen LogP contribution >= 0.6 is 11.6 Å². The van der Waals surface area contributed by atoms with Crippen molar-refractivity contribution in [1.29, 1.82) is 0 Å². The number of nitrogens with zero attached hydrogens (tertiary/aromatic N) is 2. The summed E-state index contributed by atoms with van der Waals surface area (Å²) in [5.74, 6) is -0.772. The van der Waals surface area contributed by atoms with E-state index in [-0.39, 0.29) is 15.8 Å². The van der Waals surface area contributed by atoms with E-state index in [0.29, 0.717) is 30.4 Å². The highest BCUT2D eigenvalue weighted by atomic mass is 35.5. The number of rotatable bonds is 5. The lowest BCUT2D eigenvalue weighted by Crippen LogP contribution is -2.38. The third-order valence-corrected chi connectivity index (χ3v) is 7.05. The molecule has 0 unspecified atom stereocenters. The van der Waals surface area contributed by atoms with Crippen LogP contribution in [0.15, 0.2) is 71.9 Å². The zero-order chi connectivity index (χ0) is 22.0. The monoisotopic (exact) mass is 461 g/mol. The molecule has 4 rings (SSSR count). The van der Waals surface area contributed by atoms with E-state index in [9.17, 15) is 17.6 Å². The van der Waals surface area contributed by atoms with Crippen molar-refractivity contribution < 1.29 is 17.6 Å². The fourth-order valence-corrected chi connectivity index (χ4v) is 5.01. The number of anilines is 1. The van der Waals surface area contributed by atoms with E-state index in [1.54, 1.807) is 12.1 Å². The van der Waals surface area contributed by atoms with Gasteiger partial charge in [0, 0.05) is 42.8 Å². The molecule has 31 heavy (non-hydrogen) atoms. The van der Waals surface area contributed by atoms with Gasteiger partial charge in [-0.1, -0.05) is 11.6 Å². The van der Waals surface area contributed by atoms with E-state index >= 15 is 0 Å².